The van der Waals surface area contributed by atoms with Crippen LogP contribution in [-0.4, -0.2) is 33.2 Å². The predicted octanol–water partition coefficient (Wildman–Crippen LogP) is 13.6. The van der Waals surface area contributed by atoms with Gasteiger partial charge in [-0.15, -0.1) is 0 Å². The Morgan fingerprint density at radius 3 is 0.653 bits per heavy atom. The average Bonchev–Trinajstić information content (AvgIpc) is 3.05. The third-order valence-corrected chi connectivity index (χ3v) is 8.20. The predicted molar refractivity (Wildman–Crippen MR) is 206 cm³/mol. The first kappa shape index (κ1) is 54.8. The molecular weight excluding hydrogens is 741 g/mol. The van der Waals surface area contributed by atoms with Gasteiger partial charge in [-0.1, -0.05) is 193 Å². The second-order valence-electron chi connectivity index (χ2n) is 13.1. The van der Waals surface area contributed by atoms with Crippen molar-refractivity contribution in [2.75, 3.05) is 0 Å². The van der Waals surface area contributed by atoms with Crippen LogP contribution in [-0.2, 0) is 14.4 Å². The van der Waals surface area contributed by atoms with Gasteiger partial charge in [0, 0.05) is 60.0 Å². The van der Waals surface area contributed by atoms with E-state index in [-0.39, 0.29) is 41.7 Å². The first-order chi connectivity index (χ1) is 23.3. The molecular formula is C42H78CeO6. The number of allylic oxidation sites excluding steroid dienone is 3. The van der Waals surface area contributed by atoms with Crippen LogP contribution in [0.15, 0.2) is 36.5 Å². The maximum absolute atomic E-state index is 10.2. The number of unbranched alkanes of at least 4 members (excludes halogenated alkanes) is 27. The van der Waals surface area contributed by atoms with Crippen LogP contribution >= 0.6 is 0 Å². The molecule has 0 aliphatic heterocycles. The zero-order valence-corrected chi connectivity index (χ0v) is 35.4. The van der Waals surface area contributed by atoms with Crippen molar-refractivity contribution >= 4 is 17.9 Å². The van der Waals surface area contributed by atoms with Crippen molar-refractivity contribution in [2.24, 2.45) is 0 Å². The number of aliphatic carboxylic acids is 3. The van der Waals surface area contributed by atoms with Crippen LogP contribution in [0.2, 0.25) is 0 Å². The van der Waals surface area contributed by atoms with E-state index < -0.39 is 17.9 Å². The van der Waals surface area contributed by atoms with Gasteiger partial charge < -0.3 is 15.3 Å². The first-order valence-electron chi connectivity index (χ1n) is 20.0. The van der Waals surface area contributed by atoms with E-state index >= 15 is 0 Å². The van der Waals surface area contributed by atoms with Gasteiger partial charge in [-0.3, -0.25) is 0 Å². The van der Waals surface area contributed by atoms with Crippen LogP contribution in [0.25, 0.3) is 0 Å². The van der Waals surface area contributed by atoms with Crippen LogP contribution < -0.4 is 0 Å². The third kappa shape index (κ3) is 65.9. The van der Waals surface area contributed by atoms with E-state index in [2.05, 4.69) is 20.8 Å². The summed E-state index contributed by atoms with van der Waals surface area (Å²) in [7, 11) is 0. The molecule has 0 rings (SSSR count). The van der Waals surface area contributed by atoms with Crippen molar-refractivity contribution in [3.05, 3.63) is 36.5 Å². The Balaban J connectivity index is -0.000000307. The molecule has 0 amide bonds. The molecule has 0 aromatic heterocycles. The van der Waals surface area contributed by atoms with E-state index in [0.29, 0.717) is 0 Å². The molecule has 7 heteroatoms. The van der Waals surface area contributed by atoms with Gasteiger partial charge in [0.15, 0.2) is 0 Å². The molecule has 0 bridgehead atoms. The summed E-state index contributed by atoms with van der Waals surface area (Å²) in [6.07, 6.45) is 47.2. The molecule has 0 unspecified atom stereocenters. The molecule has 0 heterocycles. The molecule has 0 atom stereocenters. The van der Waals surface area contributed by atoms with E-state index in [9.17, 15) is 14.4 Å². The molecule has 49 heavy (non-hydrogen) atoms. The van der Waals surface area contributed by atoms with E-state index in [4.69, 9.17) is 15.3 Å². The summed E-state index contributed by atoms with van der Waals surface area (Å²) >= 11 is 0. The number of rotatable bonds is 33. The van der Waals surface area contributed by atoms with Crippen molar-refractivity contribution in [1.29, 1.82) is 0 Å². The van der Waals surface area contributed by atoms with Gasteiger partial charge in [0.25, 0.3) is 0 Å². The molecule has 0 aromatic carbocycles. The largest absolute Gasteiger partial charge is 0.478 e. The molecule has 0 saturated carbocycles. The summed E-state index contributed by atoms with van der Waals surface area (Å²) in [6.45, 7) is 6.72. The zero-order chi connectivity index (χ0) is 36.2. The molecule has 6 nitrogen and oxygen atoms in total. The Bertz CT molecular complexity index is 662. The normalized spacial score (nSPS) is 10.8. The zero-order valence-electron chi connectivity index (χ0n) is 32.2. The Hall–Kier alpha value is -0.993. The van der Waals surface area contributed by atoms with Crippen molar-refractivity contribution in [3.63, 3.8) is 0 Å². The minimum Gasteiger partial charge on any atom is -0.478 e. The van der Waals surface area contributed by atoms with E-state index in [1.165, 1.54) is 172 Å². The minimum absolute atomic E-state index is 0. The van der Waals surface area contributed by atoms with Crippen LogP contribution in [0.4, 0.5) is 0 Å². The molecule has 0 aliphatic rings. The maximum Gasteiger partial charge on any atom is 0.327 e. The average molecular weight is 819 g/mol. The van der Waals surface area contributed by atoms with Crippen LogP contribution in [0.1, 0.15) is 213 Å². The van der Waals surface area contributed by atoms with Crippen LogP contribution in [0.5, 0.6) is 0 Å². The number of hydrogen-bond donors (Lipinski definition) is 3. The Labute approximate surface area is 336 Å². The second kappa shape index (κ2) is 51.4. The fraction of sp³-hybridized carbons (Fsp3) is 0.786. The van der Waals surface area contributed by atoms with Gasteiger partial charge in [-0.25, -0.2) is 14.4 Å². The van der Waals surface area contributed by atoms with Crippen molar-refractivity contribution in [1.82, 2.24) is 0 Å². The first-order valence-corrected chi connectivity index (χ1v) is 20.0. The van der Waals surface area contributed by atoms with E-state index in [1.807, 2.05) is 0 Å². The molecule has 0 fully saturated rings. The van der Waals surface area contributed by atoms with Crippen LogP contribution in [0, 0.1) is 41.7 Å². The Kier molecular flexibility index (Phi) is 57.4. The number of hydrogen-bond acceptors (Lipinski definition) is 3. The summed E-state index contributed by atoms with van der Waals surface area (Å²) in [5.41, 5.74) is 0. The van der Waals surface area contributed by atoms with E-state index in [1.54, 1.807) is 18.2 Å². The van der Waals surface area contributed by atoms with Gasteiger partial charge >= 0.3 is 17.9 Å². The number of carboxylic acids is 3. The summed E-state index contributed by atoms with van der Waals surface area (Å²) < 4.78 is 0. The summed E-state index contributed by atoms with van der Waals surface area (Å²) in [5, 5.41) is 25.1. The standard InChI is InChI=1S/3C14H26O2.Ce/c3*1-2-3-4-5-6-7-8-9-10-11-12-13-14(15)16;/h3*12-13H,2-11H2,1H3,(H,15,16);. The molecule has 0 spiro atoms. The SMILES string of the molecule is CCCCCCCCCCCC=CC(=O)O.CCCCCCCCCCCC=CC(=O)O.CCCCCCCCCCCC=CC(=O)O.[Ce]. The minimum atomic E-state index is -0.837. The van der Waals surface area contributed by atoms with Crippen molar-refractivity contribution < 1.29 is 71.5 Å². The van der Waals surface area contributed by atoms with E-state index in [0.717, 1.165) is 38.5 Å². The summed E-state index contributed by atoms with van der Waals surface area (Å²) in [5.74, 6) is -2.51. The molecule has 0 aromatic rings. The van der Waals surface area contributed by atoms with Gasteiger partial charge in [0.2, 0.25) is 0 Å². The monoisotopic (exact) mass is 818 g/mol. The molecule has 286 valence electrons. The second-order valence-corrected chi connectivity index (χ2v) is 13.1. The van der Waals surface area contributed by atoms with Crippen molar-refractivity contribution in [2.45, 2.75) is 213 Å². The van der Waals surface area contributed by atoms with Crippen LogP contribution in [0.3, 0.4) is 0 Å². The van der Waals surface area contributed by atoms with Crippen molar-refractivity contribution in [3.8, 4) is 0 Å². The quantitative estimate of drug-likeness (QED) is 0.0449. The fourth-order valence-corrected chi connectivity index (χ4v) is 5.27. The van der Waals surface area contributed by atoms with Gasteiger partial charge in [-0.2, -0.15) is 0 Å². The topological polar surface area (TPSA) is 112 Å². The summed E-state index contributed by atoms with van der Waals surface area (Å²) in [4.78, 5) is 30.5. The van der Waals surface area contributed by atoms with Gasteiger partial charge in [-0.05, 0) is 38.5 Å². The number of carbonyl (C=O) groups is 3. The number of carboxylic acid groups (broad SMARTS) is 3. The molecule has 0 aliphatic carbocycles. The molecule has 0 saturated heterocycles. The molecule has 0 radical (unpaired) electrons. The Morgan fingerprint density at radius 1 is 0.327 bits per heavy atom. The summed E-state index contributed by atoms with van der Waals surface area (Å²) in [6, 6.07) is 0. The van der Waals surface area contributed by atoms with Gasteiger partial charge in [0.1, 0.15) is 0 Å². The Morgan fingerprint density at radius 2 is 0.490 bits per heavy atom. The maximum atomic E-state index is 10.2. The molecule has 3 N–H and O–H groups in total. The smallest absolute Gasteiger partial charge is 0.327 e. The fourth-order valence-electron chi connectivity index (χ4n) is 5.27. The van der Waals surface area contributed by atoms with Gasteiger partial charge in [0.05, 0.1) is 0 Å². The third-order valence-electron chi connectivity index (χ3n) is 8.20.